The third-order valence-electron chi connectivity index (χ3n) is 5.07. The summed E-state index contributed by atoms with van der Waals surface area (Å²) in [5.74, 6) is 2.22. The van der Waals surface area contributed by atoms with Gasteiger partial charge in [-0.15, -0.1) is 0 Å². The molecule has 0 aliphatic carbocycles. The zero-order valence-electron chi connectivity index (χ0n) is 17.9. The number of carbonyl (C=O) groups excluding carboxylic acids is 1. The smallest absolute Gasteiger partial charge is 0.256 e. The highest BCUT2D eigenvalue weighted by atomic mass is 35.5. The summed E-state index contributed by atoms with van der Waals surface area (Å²) in [4.78, 5) is 17.2. The number of anilines is 1. The van der Waals surface area contributed by atoms with Crippen LogP contribution in [0.5, 0.6) is 17.2 Å². The highest BCUT2D eigenvalue weighted by molar-refractivity contribution is 6.32. The summed E-state index contributed by atoms with van der Waals surface area (Å²) in [6.07, 6.45) is 1.94. The summed E-state index contributed by atoms with van der Waals surface area (Å²) in [6.45, 7) is 6.95. The molecule has 1 amide bonds. The molecule has 0 saturated carbocycles. The van der Waals surface area contributed by atoms with Crippen molar-refractivity contribution in [1.29, 1.82) is 0 Å². The van der Waals surface area contributed by atoms with Gasteiger partial charge in [0.05, 0.1) is 11.6 Å². The Morgan fingerprint density at radius 2 is 1.90 bits per heavy atom. The fourth-order valence-electron chi connectivity index (χ4n) is 3.34. The summed E-state index contributed by atoms with van der Waals surface area (Å²) in [5, 5.41) is 3.39. The maximum absolute atomic E-state index is 12.6. The molecule has 0 bridgehead atoms. The van der Waals surface area contributed by atoms with Gasteiger partial charge >= 0.3 is 0 Å². The van der Waals surface area contributed by atoms with E-state index < -0.39 is 0 Å². The van der Waals surface area contributed by atoms with Crippen molar-refractivity contribution in [3.05, 3.63) is 76.4 Å². The third kappa shape index (κ3) is 5.00. The van der Waals surface area contributed by atoms with Gasteiger partial charge < -0.3 is 14.8 Å². The minimum absolute atomic E-state index is 0.0945. The van der Waals surface area contributed by atoms with Crippen LogP contribution in [0.15, 0.2) is 54.6 Å². The summed E-state index contributed by atoms with van der Waals surface area (Å²) in [7, 11) is 0. The third-order valence-corrected chi connectivity index (χ3v) is 5.36. The lowest BCUT2D eigenvalue weighted by Gasteiger charge is -2.19. The van der Waals surface area contributed by atoms with Crippen molar-refractivity contribution in [1.82, 2.24) is 4.98 Å². The first kappa shape index (κ1) is 21.2. The number of benzene rings is 2. The van der Waals surface area contributed by atoms with Crippen molar-refractivity contribution in [3.8, 4) is 17.2 Å². The second kappa shape index (κ2) is 8.60. The SMILES string of the molecule is CC(C)(C)c1cccc(NC(=O)c2ccc(Oc3cc4c(cc3Cl)CCCO4)cc2)n1. The predicted octanol–water partition coefficient (Wildman–Crippen LogP) is 6.40. The standard InChI is InChI=1S/C25H25ClN2O3/c1-25(2,3)22-7-4-8-23(27-22)28-24(29)16-9-11-18(12-10-16)31-21-15-20-17(14-19(21)26)6-5-13-30-20/h4,7-12,14-15H,5-6,13H2,1-3H3,(H,27,28,29). The van der Waals surface area contributed by atoms with Gasteiger partial charge in [-0.25, -0.2) is 4.98 Å². The lowest BCUT2D eigenvalue weighted by molar-refractivity contribution is 0.102. The Kier molecular flexibility index (Phi) is 5.88. The molecular formula is C25H25ClN2O3. The molecule has 1 aliphatic heterocycles. The molecule has 3 aromatic rings. The summed E-state index contributed by atoms with van der Waals surface area (Å²) < 4.78 is 11.6. The van der Waals surface area contributed by atoms with Crippen LogP contribution in [0.25, 0.3) is 0 Å². The van der Waals surface area contributed by atoms with Crippen LogP contribution < -0.4 is 14.8 Å². The van der Waals surface area contributed by atoms with E-state index in [4.69, 9.17) is 21.1 Å². The zero-order chi connectivity index (χ0) is 22.0. The van der Waals surface area contributed by atoms with Crippen LogP contribution in [-0.2, 0) is 11.8 Å². The maximum atomic E-state index is 12.6. The molecule has 1 aromatic heterocycles. The van der Waals surface area contributed by atoms with E-state index in [1.807, 2.05) is 24.3 Å². The molecule has 0 saturated heterocycles. The van der Waals surface area contributed by atoms with Gasteiger partial charge in [0.2, 0.25) is 0 Å². The first-order valence-electron chi connectivity index (χ1n) is 10.3. The molecule has 6 heteroatoms. The summed E-state index contributed by atoms with van der Waals surface area (Å²) >= 11 is 6.38. The first-order valence-corrected chi connectivity index (χ1v) is 10.7. The monoisotopic (exact) mass is 436 g/mol. The molecule has 0 fully saturated rings. The Bertz CT molecular complexity index is 1100. The molecule has 0 spiro atoms. The van der Waals surface area contributed by atoms with Crippen molar-refractivity contribution in [2.75, 3.05) is 11.9 Å². The first-order chi connectivity index (χ1) is 14.8. The van der Waals surface area contributed by atoms with E-state index in [2.05, 4.69) is 31.1 Å². The molecule has 5 nitrogen and oxygen atoms in total. The molecular weight excluding hydrogens is 412 g/mol. The number of nitrogens with zero attached hydrogens (tertiary/aromatic N) is 1. The number of halogens is 1. The minimum atomic E-state index is -0.231. The average Bonchev–Trinajstić information content (AvgIpc) is 2.74. The van der Waals surface area contributed by atoms with Crippen LogP contribution >= 0.6 is 11.6 Å². The van der Waals surface area contributed by atoms with Gasteiger partial charge in [-0.05, 0) is 60.9 Å². The number of nitrogens with one attached hydrogen (secondary N) is 1. The number of carbonyl (C=O) groups is 1. The van der Waals surface area contributed by atoms with E-state index in [9.17, 15) is 4.79 Å². The molecule has 1 N–H and O–H groups in total. The van der Waals surface area contributed by atoms with E-state index in [0.29, 0.717) is 34.5 Å². The number of pyridine rings is 1. The molecule has 4 rings (SSSR count). The number of fused-ring (bicyclic) bond motifs is 1. The number of aromatic nitrogens is 1. The van der Waals surface area contributed by atoms with E-state index in [0.717, 1.165) is 29.8 Å². The van der Waals surface area contributed by atoms with Gasteiger partial charge in [-0.1, -0.05) is 38.4 Å². The molecule has 31 heavy (non-hydrogen) atoms. The largest absolute Gasteiger partial charge is 0.493 e. The zero-order valence-corrected chi connectivity index (χ0v) is 18.6. The van der Waals surface area contributed by atoms with Crippen LogP contribution in [0.1, 0.15) is 48.8 Å². The van der Waals surface area contributed by atoms with Crippen molar-refractivity contribution < 1.29 is 14.3 Å². The Hall–Kier alpha value is -3.05. The van der Waals surface area contributed by atoms with Crippen molar-refractivity contribution in [3.63, 3.8) is 0 Å². The molecule has 2 heterocycles. The van der Waals surface area contributed by atoms with Crippen LogP contribution in [0.4, 0.5) is 5.82 Å². The van der Waals surface area contributed by atoms with Crippen molar-refractivity contribution in [2.45, 2.75) is 39.0 Å². The van der Waals surface area contributed by atoms with Gasteiger partial charge in [0, 0.05) is 22.7 Å². The topological polar surface area (TPSA) is 60.5 Å². The van der Waals surface area contributed by atoms with Crippen LogP contribution in [0.2, 0.25) is 5.02 Å². The second-order valence-corrected chi connectivity index (χ2v) is 8.99. The van der Waals surface area contributed by atoms with E-state index in [1.54, 1.807) is 30.3 Å². The molecule has 0 unspecified atom stereocenters. The maximum Gasteiger partial charge on any atom is 0.256 e. The number of amides is 1. The van der Waals surface area contributed by atoms with Crippen LogP contribution in [0, 0.1) is 0 Å². The average molecular weight is 437 g/mol. The van der Waals surface area contributed by atoms with Gasteiger partial charge in [0.15, 0.2) is 0 Å². The lowest BCUT2D eigenvalue weighted by Crippen LogP contribution is -2.17. The van der Waals surface area contributed by atoms with Gasteiger partial charge in [0.1, 0.15) is 23.1 Å². The number of hydrogen-bond donors (Lipinski definition) is 1. The summed E-state index contributed by atoms with van der Waals surface area (Å²) in [6, 6.07) is 16.3. The second-order valence-electron chi connectivity index (χ2n) is 8.58. The van der Waals surface area contributed by atoms with Crippen molar-refractivity contribution in [2.24, 2.45) is 0 Å². The van der Waals surface area contributed by atoms with E-state index >= 15 is 0 Å². The highest BCUT2D eigenvalue weighted by Crippen LogP contribution is 2.37. The minimum Gasteiger partial charge on any atom is -0.493 e. The number of aryl methyl sites for hydroxylation is 1. The molecule has 2 aromatic carbocycles. The number of hydrogen-bond acceptors (Lipinski definition) is 4. The fraction of sp³-hybridized carbons (Fsp3) is 0.280. The van der Waals surface area contributed by atoms with Crippen molar-refractivity contribution >= 4 is 23.3 Å². The number of rotatable bonds is 4. The normalized spacial score (nSPS) is 13.2. The van der Waals surface area contributed by atoms with E-state index in [1.165, 1.54) is 0 Å². The summed E-state index contributed by atoms with van der Waals surface area (Å²) in [5.41, 5.74) is 2.43. The Labute approximate surface area is 187 Å². The Morgan fingerprint density at radius 3 is 2.65 bits per heavy atom. The quantitative estimate of drug-likeness (QED) is 0.513. The lowest BCUT2D eigenvalue weighted by atomic mass is 9.92. The van der Waals surface area contributed by atoms with Crippen LogP contribution in [0.3, 0.4) is 0 Å². The van der Waals surface area contributed by atoms with Gasteiger partial charge in [-0.2, -0.15) is 0 Å². The molecule has 160 valence electrons. The van der Waals surface area contributed by atoms with Crippen LogP contribution in [-0.4, -0.2) is 17.5 Å². The molecule has 0 radical (unpaired) electrons. The van der Waals surface area contributed by atoms with Gasteiger partial charge in [0.25, 0.3) is 5.91 Å². The predicted molar refractivity (Wildman–Crippen MR) is 123 cm³/mol. The fourth-order valence-corrected chi connectivity index (χ4v) is 3.57. The van der Waals surface area contributed by atoms with E-state index in [-0.39, 0.29) is 11.3 Å². The molecule has 1 aliphatic rings. The van der Waals surface area contributed by atoms with Gasteiger partial charge in [-0.3, -0.25) is 4.79 Å². The molecule has 0 atom stereocenters. The Balaban J connectivity index is 1.45. The highest BCUT2D eigenvalue weighted by Gasteiger charge is 2.17. The Morgan fingerprint density at radius 1 is 1.13 bits per heavy atom. The number of ether oxygens (including phenoxy) is 2.